The lowest BCUT2D eigenvalue weighted by Crippen LogP contribution is -2.46. The zero-order valence-electron chi connectivity index (χ0n) is 16.0. The molecule has 27 heavy (non-hydrogen) atoms. The van der Waals surface area contributed by atoms with Crippen LogP contribution in [0.15, 0.2) is 36.8 Å². The number of carbonyl (C=O) groups is 2. The molecule has 7 heteroatoms. The molecule has 1 amide bonds. The molecule has 0 aliphatic rings. The Labute approximate surface area is 159 Å². The Bertz CT molecular complexity index is 768. The van der Waals surface area contributed by atoms with E-state index in [0.717, 1.165) is 16.2 Å². The Kier molecular flexibility index (Phi) is 6.98. The zero-order valence-corrected chi connectivity index (χ0v) is 16.0. The highest BCUT2D eigenvalue weighted by atomic mass is 16.4. The van der Waals surface area contributed by atoms with E-state index < -0.39 is 18.1 Å². The number of aryl methyl sites for hydroxylation is 1. The van der Waals surface area contributed by atoms with E-state index in [2.05, 4.69) is 4.98 Å². The number of amides is 1. The fraction of sp³-hybridized carbons (Fsp3) is 0.450. The minimum Gasteiger partial charge on any atom is -0.480 e. The molecule has 0 aliphatic heterocycles. The van der Waals surface area contributed by atoms with Crippen molar-refractivity contribution in [3.63, 3.8) is 0 Å². The number of nitrogens with zero attached hydrogens (tertiary/aromatic N) is 3. The molecule has 1 unspecified atom stereocenters. The predicted octanol–water partition coefficient (Wildman–Crippen LogP) is 3.26. The molecule has 0 radical (unpaired) electrons. The molecule has 0 bridgehead atoms. The van der Waals surface area contributed by atoms with Gasteiger partial charge in [0.1, 0.15) is 6.04 Å². The molecule has 0 aliphatic carbocycles. The van der Waals surface area contributed by atoms with Crippen LogP contribution in [0.2, 0.25) is 0 Å². The first kappa shape index (κ1) is 20.5. The summed E-state index contributed by atoms with van der Waals surface area (Å²) in [4.78, 5) is 28.4. The van der Waals surface area contributed by atoms with E-state index in [1.165, 1.54) is 5.56 Å². The third-order valence-electron chi connectivity index (χ3n) is 4.48. The van der Waals surface area contributed by atoms with Gasteiger partial charge in [0.05, 0.1) is 6.33 Å². The molecule has 0 fully saturated rings. The van der Waals surface area contributed by atoms with Crippen LogP contribution in [0.1, 0.15) is 37.1 Å². The van der Waals surface area contributed by atoms with Crippen molar-refractivity contribution in [3.8, 4) is 0 Å². The van der Waals surface area contributed by atoms with Gasteiger partial charge in [-0.3, -0.25) is 4.90 Å². The number of benzene rings is 1. The van der Waals surface area contributed by atoms with Gasteiger partial charge in [0.15, 0.2) is 0 Å². The largest absolute Gasteiger partial charge is 0.480 e. The van der Waals surface area contributed by atoms with Gasteiger partial charge in [0.25, 0.3) is 0 Å². The molecule has 1 atom stereocenters. The topological polar surface area (TPSA) is 95.7 Å². The van der Waals surface area contributed by atoms with Gasteiger partial charge in [0.2, 0.25) is 0 Å². The highest BCUT2D eigenvalue weighted by Gasteiger charge is 2.30. The Morgan fingerprint density at radius 3 is 2.41 bits per heavy atom. The molecular formula is C20H27N3O4. The summed E-state index contributed by atoms with van der Waals surface area (Å²) >= 11 is 0. The molecule has 1 aromatic carbocycles. The van der Waals surface area contributed by atoms with Crippen molar-refractivity contribution in [3.05, 3.63) is 53.6 Å². The van der Waals surface area contributed by atoms with Crippen LogP contribution < -0.4 is 0 Å². The summed E-state index contributed by atoms with van der Waals surface area (Å²) in [6.45, 7) is 6.54. The normalized spacial score (nSPS) is 12.1. The van der Waals surface area contributed by atoms with Crippen LogP contribution in [0.3, 0.4) is 0 Å². The Morgan fingerprint density at radius 1 is 1.19 bits per heavy atom. The first-order valence-corrected chi connectivity index (χ1v) is 9.04. The van der Waals surface area contributed by atoms with Crippen LogP contribution in [0.25, 0.3) is 0 Å². The molecule has 0 saturated heterocycles. The van der Waals surface area contributed by atoms with Crippen LogP contribution in [0.5, 0.6) is 0 Å². The minimum atomic E-state index is -1.22. The van der Waals surface area contributed by atoms with Crippen molar-refractivity contribution in [2.24, 2.45) is 5.92 Å². The predicted molar refractivity (Wildman–Crippen MR) is 102 cm³/mol. The van der Waals surface area contributed by atoms with Crippen LogP contribution in [-0.2, 0) is 17.8 Å². The summed E-state index contributed by atoms with van der Waals surface area (Å²) in [6.07, 6.45) is 2.88. The summed E-state index contributed by atoms with van der Waals surface area (Å²) < 4.78 is 1.96. The number of imidazole rings is 1. The van der Waals surface area contributed by atoms with Crippen molar-refractivity contribution in [1.29, 1.82) is 0 Å². The summed E-state index contributed by atoms with van der Waals surface area (Å²) in [5, 5.41) is 19.0. The number of hydrogen-bond donors (Lipinski definition) is 2. The van der Waals surface area contributed by atoms with Gasteiger partial charge in [-0.1, -0.05) is 43.7 Å². The first-order chi connectivity index (χ1) is 12.8. The van der Waals surface area contributed by atoms with Crippen LogP contribution in [-0.4, -0.2) is 49.3 Å². The lowest BCUT2D eigenvalue weighted by atomic mass is 10.0. The maximum atomic E-state index is 11.6. The van der Waals surface area contributed by atoms with Crippen molar-refractivity contribution >= 4 is 12.1 Å². The van der Waals surface area contributed by atoms with Gasteiger partial charge in [-0.25, -0.2) is 14.6 Å². The standard InChI is InChI=1S/C20H27N3O4/c1-14(2)10-18(19(24)25)23(20(26)27)9-8-17-11-21-13-22(17)12-16-6-4-15(3)5-7-16/h4-7,11,13-14,18H,8-10,12H2,1-3H3,(H,24,25)(H,26,27). The number of carboxylic acid groups (broad SMARTS) is 2. The molecule has 1 heterocycles. The van der Waals surface area contributed by atoms with Gasteiger partial charge in [-0.15, -0.1) is 0 Å². The monoisotopic (exact) mass is 373 g/mol. The fourth-order valence-corrected chi connectivity index (χ4v) is 3.02. The van der Waals surface area contributed by atoms with E-state index in [0.29, 0.717) is 13.0 Å². The fourth-order valence-electron chi connectivity index (χ4n) is 3.02. The molecule has 2 rings (SSSR count). The maximum absolute atomic E-state index is 11.6. The molecule has 1 aromatic heterocycles. The van der Waals surface area contributed by atoms with E-state index in [1.807, 2.05) is 49.6 Å². The number of rotatable bonds is 9. The molecule has 146 valence electrons. The van der Waals surface area contributed by atoms with Gasteiger partial charge in [0, 0.05) is 31.4 Å². The van der Waals surface area contributed by atoms with E-state index in [-0.39, 0.29) is 18.9 Å². The summed E-state index contributed by atoms with van der Waals surface area (Å²) in [5.41, 5.74) is 3.18. The average Bonchev–Trinajstić information content (AvgIpc) is 3.02. The third kappa shape index (κ3) is 5.84. The molecule has 2 N–H and O–H groups in total. The lowest BCUT2D eigenvalue weighted by Gasteiger charge is -2.27. The molecule has 0 saturated carbocycles. The second-order valence-corrected chi connectivity index (χ2v) is 7.21. The molecule has 0 spiro atoms. The summed E-state index contributed by atoms with van der Waals surface area (Å²) in [5.74, 6) is -1.03. The quantitative estimate of drug-likeness (QED) is 0.703. The van der Waals surface area contributed by atoms with E-state index in [4.69, 9.17) is 0 Å². The second kappa shape index (κ2) is 9.21. The average molecular weight is 373 g/mol. The lowest BCUT2D eigenvalue weighted by molar-refractivity contribution is -0.143. The smallest absolute Gasteiger partial charge is 0.408 e. The SMILES string of the molecule is Cc1ccc(Cn2cncc2CCN(C(=O)O)C(CC(C)C)C(=O)O)cc1. The third-order valence-corrected chi connectivity index (χ3v) is 4.48. The van der Waals surface area contributed by atoms with Gasteiger partial charge < -0.3 is 14.8 Å². The van der Waals surface area contributed by atoms with Crippen LogP contribution in [0.4, 0.5) is 4.79 Å². The number of hydrogen-bond acceptors (Lipinski definition) is 3. The zero-order chi connectivity index (χ0) is 20.0. The van der Waals surface area contributed by atoms with Gasteiger partial charge in [-0.05, 0) is 24.8 Å². The highest BCUT2D eigenvalue weighted by Crippen LogP contribution is 2.15. The maximum Gasteiger partial charge on any atom is 0.408 e. The van der Waals surface area contributed by atoms with Crippen LogP contribution >= 0.6 is 0 Å². The Hall–Kier alpha value is -2.83. The second-order valence-electron chi connectivity index (χ2n) is 7.21. The van der Waals surface area contributed by atoms with Crippen molar-refractivity contribution in [1.82, 2.24) is 14.5 Å². The van der Waals surface area contributed by atoms with Crippen molar-refractivity contribution < 1.29 is 19.8 Å². The summed E-state index contributed by atoms with van der Waals surface area (Å²) in [6, 6.07) is 7.14. The number of aliphatic carboxylic acids is 1. The number of aromatic nitrogens is 2. The van der Waals surface area contributed by atoms with E-state index >= 15 is 0 Å². The van der Waals surface area contributed by atoms with E-state index in [9.17, 15) is 19.8 Å². The van der Waals surface area contributed by atoms with E-state index in [1.54, 1.807) is 12.5 Å². The summed E-state index contributed by atoms with van der Waals surface area (Å²) in [7, 11) is 0. The number of carboxylic acids is 1. The molecule has 2 aromatic rings. The van der Waals surface area contributed by atoms with Crippen LogP contribution in [0, 0.1) is 12.8 Å². The molecular weight excluding hydrogens is 346 g/mol. The van der Waals surface area contributed by atoms with Crippen molar-refractivity contribution in [2.45, 2.75) is 46.2 Å². The Balaban J connectivity index is 2.09. The highest BCUT2D eigenvalue weighted by molar-refractivity contribution is 5.79. The van der Waals surface area contributed by atoms with Crippen molar-refractivity contribution in [2.75, 3.05) is 6.54 Å². The minimum absolute atomic E-state index is 0.0833. The van der Waals surface area contributed by atoms with Gasteiger partial charge >= 0.3 is 12.1 Å². The van der Waals surface area contributed by atoms with Gasteiger partial charge in [-0.2, -0.15) is 0 Å². The molecule has 7 nitrogen and oxygen atoms in total. The Morgan fingerprint density at radius 2 is 1.85 bits per heavy atom. The first-order valence-electron chi connectivity index (χ1n) is 9.04.